The molecule has 0 saturated heterocycles. The van der Waals surface area contributed by atoms with E-state index in [0.717, 1.165) is 17.4 Å². The third-order valence-electron chi connectivity index (χ3n) is 4.62. The summed E-state index contributed by atoms with van der Waals surface area (Å²) in [5.74, 6) is -2.06. The first-order valence-electron chi connectivity index (χ1n) is 9.34. The summed E-state index contributed by atoms with van der Waals surface area (Å²) in [4.78, 5) is 25.3. The zero-order valence-corrected chi connectivity index (χ0v) is 17.2. The number of hydrogen-bond donors (Lipinski definition) is 2. The first-order valence-corrected chi connectivity index (χ1v) is 10.2. The molecule has 0 aliphatic carbocycles. The fraction of sp³-hybridized carbons (Fsp3) is 0.238. The molecule has 0 aliphatic heterocycles. The molecule has 0 spiro atoms. The number of benzene rings is 2. The minimum atomic E-state index is -0.844. The van der Waals surface area contributed by atoms with Gasteiger partial charge in [0.05, 0.1) is 0 Å². The number of nitrogens with one attached hydrogen (secondary N) is 2. The normalized spacial score (nSPS) is 12.8. The summed E-state index contributed by atoms with van der Waals surface area (Å²) in [7, 11) is 0. The van der Waals surface area contributed by atoms with E-state index in [1.165, 1.54) is 30.3 Å². The van der Waals surface area contributed by atoms with Crippen LogP contribution in [0.3, 0.4) is 0 Å². The van der Waals surface area contributed by atoms with Gasteiger partial charge in [-0.05, 0) is 48.4 Å². The molecular weight excluding hydrogens is 410 g/mol. The Kier molecular flexibility index (Phi) is 6.83. The summed E-state index contributed by atoms with van der Waals surface area (Å²) in [5.41, 5.74) is 0.804. The van der Waals surface area contributed by atoms with E-state index >= 15 is 0 Å². The maximum absolute atomic E-state index is 13.4. The van der Waals surface area contributed by atoms with Crippen molar-refractivity contribution in [3.05, 3.63) is 65.7 Å². The lowest BCUT2D eigenvalue weighted by Crippen LogP contribution is -2.47. The Morgan fingerprint density at radius 2 is 1.80 bits per heavy atom. The van der Waals surface area contributed by atoms with E-state index < -0.39 is 23.7 Å². The van der Waals surface area contributed by atoms with E-state index in [2.05, 4.69) is 20.8 Å². The van der Waals surface area contributed by atoms with Crippen molar-refractivity contribution in [3.8, 4) is 10.6 Å². The highest BCUT2D eigenvalue weighted by Crippen LogP contribution is 2.26. The Hall–Kier alpha value is -3.20. The number of carbonyl (C=O) groups excluding carboxylic acids is 2. The summed E-state index contributed by atoms with van der Waals surface area (Å²) >= 11 is 1.14. The molecule has 2 N–H and O–H groups in total. The number of rotatable bonds is 7. The van der Waals surface area contributed by atoms with Gasteiger partial charge in [0, 0.05) is 11.1 Å². The minimum Gasteiger partial charge on any atom is -0.340 e. The van der Waals surface area contributed by atoms with Crippen molar-refractivity contribution in [2.24, 2.45) is 5.92 Å². The number of hydrogen-bond acceptors (Lipinski definition) is 5. The van der Waals surface area contributed by atoms with Crippen LogP contribution in [-0.2, 0) is 4.79 Å². The third kappa shape index (κ3) is 5.24. The van der Waals surface area contributed by atoms with E-state index in [4.69, 9.17) is 0 Å². The van der Waals surface area contributed by atoms with Crippen LogP contribution in [0.25, 0.3) is 10.6 Å². The Bertz CT molecular complexity index is 1040. The maximum Gasteiger partial charge on any atom is 0.252 e. The van der Waals surface area contributed by atoms with Crippen molar-refractivity contribution in [2.45, 2.75) is 26.3 Å². The molecule has 9 heteroatoms. The third-order valence-corrected chi connectivity index (χ3v) is 5.50. The lowest BCUT2D eigenvalue weighted by molar-refractivity contribution is -0.119. The van der Waals surface area contributed by atoms with Crippen molar-refractivity contribution in [1.29, 1.82) is 0 Å². The lowest BCUT2D eigenvalue weighted by Gasteiger charge is -2.23. The summed E-state index contributed by atoms with van der Waals surface area (Å²) < 4.78 is 26.5. The average Bonchev–Trinajstić information content (AvgIpc) is 3.20. The fourth-order valence-electron chi connectivity index (χ4n) is 2.72. The predicted octanol–water partition coefficient (Wildman–Crippen LogP) is 4.27. The molecule has 2 unspecified atom stereocenters. The number of amides is 2. The molecule has 1 aromatic heterocycles. The molecule has 3 aromatic rings. The van der Waals surface area contributed by atoms with E-state index in [1.807, 2.05) is 13.8 Å². The summed E-state index contributed by atoms with van der Waals surface area (Å²) in [6, 6.07) is 10.2. The van der Waals surface area contributed by atoms with Gasteiger partial charge in [-0.25, -0.2) is 8.78 Å². The SMILES string of the molecule is CCC(C)C(NC(=O)c1cccc(F)c1)C(=O)Nc1nnc(-c2ccc(F)cc2)s1. The molecular formula is C21H20F2N4O2S. The number of nitrogens with zero attached hydrogens (tertiary/aromatic N) is 2. The molecule has 0 aliphatic rings. The lowest BCUT2D eigenvalue weighted by atomic mass is 9.98. The van der Waals surface area contributed by atoms with Crippen molar-refractivity contribution in [1.82, 2.24) is 15.5 Å². The van der Waals surface area contributed by atoms with Crippen molar-refractivity contribution >= 4 is 28.3 Å². The van der Waals surface area contributed by atoms with Crippen LogP contribution < -0.4 is 10.6 Å². The standard InChI is InChI=1S/C21H20F2N4O2S/c1-3-12(2)17(24-18(28)14-5-4-6-16(23)11-14)19(29)25-21-27-26-20(30-21)13-7-9-15(22)10-8-13/h4-12,17H,3H2,1-2H3,(H,24,28)(H,25,27,29). The van der Waals surface area contributed by atoms with Crippen molar-refractivity contribution in [3.63, 3.8) is 0 Å². The summed E-state index contributed by atoms with van der Waals surface area (Å²) in [6.45, 7) is 3.73. The molecule has 2 amide bonds. The molecule has 0 fully saturated rings. The average molecular weight is 430 g/mol. The zero-order valence-electron chi connectivity index (χ0n) is 16.4. The highest BCUT2D eigenvalue weighted by molar-refractivity contribution is 7.18. The van der Waals surface area contributed by atoms with Gasteiger partial charge in [0.25, 0.3) is 5.91 Å². The van der Waals surface area contributed by atoms with E-state index in [-0.39, 0.29) is 22.4 Å². The van der Waals surface area contributed by atoms with Gasteiger partial charge in [0.2, 0.25) is 11.0 Å². The van der Waals surface area contributed by atoms with Gasteiger partial charge in [0.15, 0.2) is 0 Å². The first-order chi connectivity index (χ1) is 14.4. The molecule has 6 nitrogen and oxygen atoms in total. The summed E-state index contributed by atoms with van der Waals surface area (Å²) in [6.07, 6.45) is 0.637. The molecule has 3 rings (SSSR count). The van der Waals surface area contributed by atoms with Crippen LogP contribution in [-0.4, -0.2) is 28.1 Å². The number of carbonyl (C=O) groups is 2. The molecule has 2 aromatic carbocycles. The smallest absolute Gasteiger partial charge is 0.252 e. The van der Waals surface area contributed by atoms with Gasteiger partial charge >= 0.3 is 0 Å². The Morgan fingerprint density at radius 3 is 2.47 bits per heavy atom. The highest BCUT2D eigenvalue weighted by Gasteiger charge is 2.27. The second kappa shape index (κ2) is 9.53. The van der Waals surface area contributed by atoms with Crippen LogP contribution in [0.1, 0.15) is 30.6 Å². The number of aromatic nitrogens is 2. The quantitative estimate of drug-likeness (QED) is 0.586. The zero-order chi connectivity index (χ0) is 21.7. The minimum absolute atomic E-state index is 0.130. The first kappa shape index (κ1) is 21.5. The van der Waals surface area contributed by atoms with E-state index in [9.17, 15) is 18.4 Å². The van der Waals surface area contributed by atoms with Crippen LogP contribution in [0.4, 0.5) is 13.9 Å². The second-order valence-electron chi connectivity index (χ2n) is 6.76. The molecule has 30 heavy (non-hydrogen) atoms. The van der Waals surface area contributed by atoms with Gasteiger partial charge < -0.3 is 5.32 Å². The molecule has 1 heterocycles. The van der Waals surface area contributed by atoms with Crippen LogP contribution in [0.15, 0.2) is 48.5 Å². The molecule has 0 radical (unpaired) electrons. The van der Waals surface area contributed by atoms with Gasteiger partial charge in [-0.2, -0.15) is 0 Å². The molecule has 2 atom stereocenters. The number of anilines is 1. The second-order valence-corrected chi connectivity index (χ2v) is 7.73. The fourth-order valence-corrected chi connectivity index (χ4v) is 3.47. The Morgan fingerprint density at radius 1 is 1.07 bits per heavy atom. The predicted molar refractivity (Wildman–Crippen MR) is 111 cm³/mol. The Balaban J connectivity index is 1.73. The van der Waals surface area contributed by atoms with Gasteiger partial charge in [0.1, 0.15) is 22.7 Å². The molecule has 156 valence electrons. The molecule has 0 bridgehead atoms. The monoisotopic (exact) mass is 430 g/mol. The molecule has 0 saturated carbocycles. The highest BCUT2D eigenvalue weighted by atomic mass is 32.1. The van der Waals surface area contributed by atoms with Crippen LogP contribution >= 0.6 is 11.3 Å². The van der Waals surface area contributed by atoms with Crippen molar-refractivity contribution < 1.29 is 18.4 Å². The van der Waals surface area contributed by atoms with E-state index in [0.29, 0.717) is 17.0 Å². The Labute approximate surface area is 176 Å². The topological polar surface area (TPSA) is 84.0 Å². The summed E-state index contributed by atoms with van der Waals surface area (Å²) in [5, 5.41) is 14.1. The van der Waals surface area contributed by atoms with E-state index in [1.54, 1.807) is 12.1 Å². The van der Waals surface area contributed by atoms with Gasteiger partial charge in [-0.15, -0.1) is 10.2 Å². The van der Waals surface area contributed by atoms with Gasteiger partial charge in [-0.3, -0.25) is 14.9 Å². The van der Waals surface area contributed by atoms with Gasteiger partial charge in [-0.1, -0.05) is 37.7 Å². The number of halogens is 2. The van der Waals surface area contributed by atoms with Crippen LogP contribution in [0.2, 0.25) is 0 Å². The maximum atomic E-state index is 13.4. The van der Waals surface area contributed by atoms with Crippen molar-refractivity contribution in [2.75, 3.05) is 5.32 Å². The van der Waals surface area contributed by atoms with Crippen LogP contribution in [0, 0.1) is 17.6 Å². The largest absolute Gasteiger partial charge is 0.340 e. The van der Waals surface area contributed by atoms with Crippen LogP contribution in [0.5, 0.6) is 0 Å².